The first-order valence-corrected chi connectivity index (χ1v) is 14.3. The number of thiazole rings is 1. The molecule has 1 aromatic heterocycles. The van der Waals surface area contributed by atoms with Crippen molar-refractivity contribution in [2.75, 3.05) is 13.7 Å². The molecule has 1 fully saturated rings. The predicted molar refractivity (Wildman–Crippen MR) is 139 cm³/mol. The summed E-state index contributed by atoms with van der Waals surface area (Å²) in [4.78, 5) is 30.0. The van der Waals surface area contributed by atoms with Gasteiger partial charge in [-0.05, 0) is 74.6 Å². The van der Waals surface area contributed by atoms with Crippen molar-refractivity contribution in [3.63, 3.8) is 0 Å². The van der Waals surface area contributed by atoms with Gasteiger partial charge in [0.2, 0.25) is 10.0 Å². The molecule has 1 aliphatic rings. The Balaban J connectivity index is 1.69. The number of ether oxygens (including phenoxy) is 1. The number of amides is 1. The number of aromatic nitrogens is 1. The van der Waals surface area contributed by atoms with Crippen molar-refractivity contribution in [1.82, 2.24) is 8.87 Å². The van der Waals surface area contributed by atoms with Gasteiger partial charge in [-0.2, -0.15) is 9.30 Å². The first kappa shape index (κ1) is 26.2. The second-order valence-corrected chi connectivity index (χ2v) is 12.0. The number of methoxy groups -OCH3 is 1. The monoisotopic (exact) mass is 529 g/mol. The number of rotatable bonds is 6. The minimum Gasteiger partial charge on any atom is -0.468 e. The molecule has 8 nitrogen and oxygen atoms in total. The van der Waals surface area contributed by atoms with Crippen LogP contribution in [0.3, 0.4) is 0 Å². The van der Waals surface area contributed by atoms with Gasteiger partial charge >= 0.3 is 5.97 Å². The lowest BCUT2D eigenvalue weighted by atomic mass is 10.0. The predicted octanol–water partition coefficient (Wildman–Crippen LogP) is 4.19. The van der Waals surface area contributed by atoms with Crippen LogP contribution < -0.4 is 4.80 Å². The number of sulfonamides is 1. The van der Waals surface area contributed by atoms with Crippen LogP contribution in [0.5, 0.6) is 0 Å². The summed E-state index contributed by atoms with van der Waals surface area (Å²) in [6.07, 6.45) is 3.52. The Morgan fingerprint density at radius 3 is 2.53 bits per heavy atom. The van der Waals surface area contributed by atoms with Crippen molar-refractivity contribution in [2.45, 2.75) is 63.9 Å². The normalized spacial score (nSPS) is 17.4. The summed E-state index contributed by atoms with van der Waals surface area (Å²) in [6, 6.07) is 9.94. The van der Waals surface area contributed by atoms with Crippen molar-refractivity contribution < 1.29 is 22.7 Å². The molecule has 1 amide bonds. The molecule has 192 valence electrons. The molecule has 0 aliphatic carbocycles. The molecule has 2 aromatic carbocycles. The minimum atomic E-state index is -3.64. The Bertz CT molecular complexity index is 1470. The van der Waals surface area contributed by atoms with Crippen molar-refractivity contribution in [3.05, 3.63) is 57.9 Å². The number of carbonyl (C=O) groups excluding carboxylic acids is 2. The lowest BCUT2D eigenvalue weighted by molar-refractivity contribution is -0.141. The topological polar surface area (TPSA) is 98.0 Å². The zero-order valence-corrected chi connectivity index (χ0v) is 22.6. The number of nitrogens with zero attached hydrogens (tertiary/aromatic N) is 3. The molecular formula is C26H31N3O5S2. The van der Waals surface area contributed by atoms with E-state index in [0.29, 0.717) is 11.3 Å². The molecule has 10 heteroatoms. The largest absolute Gasteiger partial charge is 0.468 e. The van der Waals surface area contributed by atoms with Gasteiger partial charge in [0.05, 0.1) is 22.2 Å². The van der Waals surface area contributed by atoms with Crippen LogP contribution in [-0.2, 0) is 26.1 Å². The van der Waals surface area contributed by atoms with Crippen molar-refractivity contribution in [3.8, 4) is 0 Å². The zero-order valence-electron chi connectivity index (χ0n) is 21.0. The third-order valence-corrected chi connectivity index (χ3v) is 9.77. The lowest BCUT2D eigenvalue weighted by Gasteiger charge is -2.34. The Morgan fingerprint density at radius 2 is 1.86 bits per heavy atom. The van der Waals surface area contributed by atoms with E-state index in [1.807, 2.05) is 32.9 Å². The lowest BCUT2D eigenvalue weighted by Crippen LogP contribution is -2.43. The molecule has 0 radical (unpaired) electrons. The molecule has 1 unspecified atom stereocenters. The maximum atomic E-state index is 13.2. The smallest absolute Gasteiger partial charge is 0.325 e. The highest BCUT2D eigenvalue weighted by Gasteiger charge is 2.32. The SMILES string of the molecule is CCC1CCCCN1S(=O)(=O)c1ccc(C(=O)N=c2sc3c(C)cc(C)cc3n2CC(=O)OC)cc1. The molecule has 1 atom stereocenters. The van der Waals surface area contributed by atoms with E-state index in [2.05, 4.69) is 4.99 Å². The highest BCUT2D eigenvalue weighted by atomic mass is 32.2. The molecule has 1 saturated heterocycles. The van der Waals surface area contributed by atoms with Crippen LogP contribution in [0.4, 0.5) is 0 Å². The van der Waals surface area contributed by atoms with Crippen LogP contribution in [0.2, 0.25) is 0 Å². The van der Waals surface area contributed by atoms with Gasteiger partial charge in [-0.3, -0.25) is 9.59 Å². The van der Waals surface area contributed by atoms with Crippen molar-refractivity contribution in [1.29, 1.82) is 0 Å². The van der Waals surface area contributed by atoms with E-state index in [-0.39, 0.29) is 23.0 Å². The third kappa shape index (κ3) is 5.16. The number of carbonyl (C=O) groups is 2. The van der Waals surface area contributed by atoms with E-state index in [4.69, 9.17) is 4.74 Å². The second kappa shape index (κ2) is 10.7. The number of esters is 1. The highest BCUT2D eigenvalue weighted by molar-refractivity contribution is 7.89. The summed E-state index contributed by atoms with van der Waals surface area (Å²) in [7, 11) is -2.32. The van der Waals surface area contributed by atoms with Crippen LogP contribution in [0.15, 0.2) is 46.3 Å². The van der Waals surface area contributed by atoms with Crippen LogP contribution in [-0.4, -0.2) is 48.9 Å². The van der Waals surface area contributed by atoms with E-state index in [1.165, 1.54) is 42.7 Å². The Hall–Kier alpha value is -2.82. The van der Waals surface area contributed by atoms with Gasteiger partial charge in [0, 0.05) is 18.2 Å². The quantitative estimate of drug-likeness (QED) is 0.446. The van der Waals surface area contributed by atoms with Gasteiger partial charge in [0.25, 0.3) is 5.91 Å². The Labute approximate surface area is 215 Å². The summed E-state index contributed by atoms with van der Waals surface area (Å²) in [5.74, 6) is -0.955. The summed E-state index contributed by atoms with van der Waals surface area (Å²) in [6.45, 7) is 6.39. The average molecular weight is 530 g/mol. The van der Waals surface area contributed by atoms with Crippen LogP contribution in [0, 0.1) is 13.8 Å². The van der Waals surface area contributed by atoms with E-state index in [9.17, 15) is 18.0 Å². The highest BCUT2D eigenvalue weighted by Crippen LogP contribution is 2.27. The number of aryl methyl sites for hydroxylation is 2. The number of hydrogen-bond acceptors (Lipinski definition) is 6. The molecule has 0 spiro atoms. The average Bonchev–Trinajstić information content (AvgIpc) is 3.20. The van der Waals surface area contributed by atoms with E-state index < -0.39 is 21.9 Å². The molecule has 36 heavy (non-hydrogen) atoms. The van der Waals surface area contributed by atoms with Crippen LogP contribution in [0.25, 0.3) is 10.2 Å². The van der Waals surface area contributed by atoms with Gasteiger partial charge in [0.15, 0.2) is 4.80 Å². The second-order valence-electron chi connectivity index (χ2n) is 9.09. The third-order valence-electron chi connectivity index (χ3n) is 6.58. The van der Waals surface area contributed by atoms with E-state index in [0.717, 1.165) is 47.0 Å². The fourth-order valence-electron chi connectivity index (χ4n) is 4.70. The number of benzene rings is 2. The molecule has 0 N–H and O–H groups in total. The van der Waals surface area contributed by atoms with Gasteiger partial charge < -0.3 is 9.30 Å². The fraction of sp³-hybridized carbons (Fsp3) is 0.423. The Morgan fingerprint density at radius 1 is 1.14 bits per heavy atom. The van der Waals surface area contributed by atoms with Crippen LogP contribution >= 0.6 is 11.3 Å². The molecule has 4 rings (SSSR count). The van der Waals surface area contributed by atoms with Gasteiger partial charge in [0.1, 0.15) is 6.54 Å². The summed E-state index contributed by atoms with van der Waals surface area (Å²) < 4.78 is 35.5. The number of hydrogen-bond donors (Lipinski definition) is 0. The first-order chi connectivity index (χ1) is 17.1. The first-order valence-electron chi connectivity index (χ1n) is 12.0. The number of fused-ring (bicyclic) bond motifs is 1. The molecule has 3 aromatic rings. The van der Waals surface area contributed by atoms with Gasteiger partial charge in [-0.1, -0.05) is 30.7 Å². The maximum Gasteiger partial charge on any atom is 0.325 e. The zero-order chi connectivity index (χ0) is 26.0. The van der Waals surface area contributed by atoms with Gasteiger partial charge in [-0.25, -0.2) is 8.42 Å². The molecule has 2 heterocycles. The van der Waals surface area contributed by atoms with E-state index >= 15 is 0 Å². The minimum absolute atomic E-state index is 0.00497. The Kier molecular flexibility index (Phi) is 7.77. The van der Waals surface area contributed by atoms with Crippen LogP contribution in [0.1, 0.15) is 54.1 Å². The van der Waals surface area contributed by atoms with E-state index in [1.54, 1.807) is 8.87 Å². The van der Waals surface area contributed by atoms with Crippen molar-refractivity contribution >= 4 is 43.5 Å². The standard InChI is InChI=1S/C26H31N3O5S2/c1-5-20-8-6-7-13-29(20)36(32,33)21-11-9-19(10-12-21)25(31)27-26-28(16-23(30)34-4)22-15-17(2)14-18(3)24(22)35-26/h9-12,14-15,20H,5-8,13,16H2,1-4H3. The molecular weight excluding hydrogens is 498 g/mol. The maximum absolute atomic E-state index is 13.2. The van der Waals surface area contributed by atoms with Crippen molar-refractivity contribution in [2.24, 2.45) is 4.99 Å². The molecule has 0 bridgehead atoms. The fourth-order valence-corrected chi connectivity index (χ4v) is 7.54. The number of piperidine rings is 1. The molecule has 0 saturated carbocycles. The summed E-state index contributed by atoms with van der Waals surface area (Å²) >= 11 is 1.33. The molecule has 1 aliphatic heterocycles. The van der Waals surface area contributed by atoms with Gasteiger partial charge in [-0.15, -0.1) is 0 Å². The summed E-state index contributed by atoms with van der Waals surface area (Å²) in [5, 5.41) is 0. The summed E-state index contributed by atoms with van der Waals surface area (Å²) in [5.41, 5.74) is 3.14.